The SMILES string of the molecule is Cc1ccc2c(c1)nc(-c1cc(O)ccc1Cl)n2C1CC1. The van der Waals surface area contributed by atoms with Gasteiger partial charge in [0.15, 0.2) is 0 Å². The van der Waals surface area contributed by atoms with Crippen LogP contribution in [0, 0.1) is 6.92 Å². The maximum absolute atomic E-state index is 9.77. The standard InChI is InChI=1S/C17H15ClN2O/c1-10-2-7-16-15(8-10)19-17(20(16)11-3-4-11)13-9-12(21)5-6-14(13)18/h2,5-9,11,21H,3-4H2,1H3. The van der Waals surface area contributed by atoms with Crippen LogP contribution in [0.25, 0.3) is 22.4 Å². The number of hydrogen-bond donors (Lipinski definition) is 1. The molecular weight excluding hydrogens is 284 g/mol. The second-order valence-corrected chi connectivity index (χ2v) is 6.10. The Kier molecular flexibility index (Phi) is 2.73. The van der Waals surface area contributed by atoms with Gasteiger partial charge in [-0.3, -0.25) is 0 Å². The fourth-order valence-electron chi connectivity index (χ4n) is 2.79. The Bertz CT molecular complexity index is 849. The smallest absolute Gasteiger partial charge is 0.143 e. The van der Waals surface area contributed by atoms with Crippen molar-refractivity contribution in [3.05, 3.63) is 47.0 Å². The van der Waals surface area contributed by atoms with Gasteiger partial charge in [-0.05, 0) is 55.7 Å². The second kappa shape index (κ2) is 4.50. The van der Waals surface area contributed by atoms with E-state index >= 15 is 0 Å². The van der Waals surface area contributed by atoms with E-state index in [1.807, 2.05) is 0 Å². The molecule has 4 rings (SSSR count). The normalized spacial score (nSPS) is 14.8. The van der Waals surface area contributed by atoms with Crippen LogP contribution in [0.1, 0.15) is 24.4 Å². The number of benzene rings is 2. The molecule has 106 valence electrons. The van der Waals surface area contributed by atoms with Gasteiger partial charge in [0.1, 0.15) is 11.6 Å². The fourth-order valence-corrected chi connectivity index (χ4v) is 2.99. The number of hydrogen-bond acceptors (Lipinski definition) is 2. The summed E-state index contributed by atoms with van der Waals surface area (Å²) in [6.07, 6.45) is 2.34. The molecule has 1 aromatic heterocycles. The van der Waals surface area contributed by atoms with Crippen molar-refractivity contribution in [3.63, 3.8) is 0 Å². The predicted molar refractivity (Wildman–Crippen MR) is 84.9 cm³/mol. The molecule has 1 aliphatic rings. The molecule has 1 saturated carbocycles. The largest absolute Gasteiger partial charge is 0.508 e. The van der Waals surface area contributed by atoms with Crippen LogP contribution in [0.4, 0.5) is 0 Å². The van der Waals surface area contributed by atoms with E-state index in [0.29, 0.717) is 11.1 Å². The summed E-state index contributed by atoms with van der Waals surface area (Å²) in [5, 5.41) is 10.4. The van der Waals surface area contributed by atoms with Gasteiger partial charge in [0.25, 0.3) is 0 Å². The third kappa shape index (κ3) is 2.09. The second-order valence-electron chi connectivity index (χ2n) is 5.69. The Morgan fingerprint density at radius 3 is 2.76 bits per heavy atom. The summed E-state index contributed by atoms with van der Waals surface area (Å²) in [6.45, 7) is 2.07. The number of halogens is 1. The predicted octanol–water partition coefficient (Wildman–Crippen LogP) is 4.71. The van der Waals surface area contributed by atoms with E-state index in [4.69, 9.17) is 16.6 Å². The average molecular weight is 299 g/mol. The summed E-state index contributed by atoms with van der Waals surface area (Å²) in [6, 6.07) is 11.8. The summed E-state index contributed by atoms with van der Waals surface area (Å²) in [5.74, 6) is 1.05. The molecule has 1 fully saturated rings. The van der Waals surface area contributed by atoms with Crippen molar-refractivity contribution in [1.82, 2.24) is 9.55 Å². The molecule has 1 N–H and O–H groups in total. The third-order valence-electron chi connectivity index (χ3n) is 3.95. The molecule has 0 bridgehead atoms. The molecule has 1 aliphatic carbocycles. The molecule has 21 heavy (non-hydrogen) atoms. The molecular formula is C17H15ClN2O. The summed E-state index contributed by atoms with van der Waals surface area (Å²) < 4.78 is 2.26. The van der Waals surface area contributed by atoms with Crippen molar-refractivity contribution in [3.8, 4) is 17.1 Å². The van der Waals surface area contributed by atoms with Gasteiger partial charge in [-0.1, -0.05) is 17.7 Å². The summed E-state index contributed by atoms with van der Waals surface area (Å²) >= 11 is 6.32. The van der Waals surface area contributed by atoms with Crippen LogP contribution in [-0.4, -0.2) is 14.7 Å². The van der Waals surface area contributed by atoms with Crippen LogP contribution in [0.2, 0.25) is 5.02 Å². The Balaban J connectivity index is 2.03. The lowest BCUT2D eigenvalue weighted by Gasteiger charge is -2.09. The van der Waals surface area contributed by atoms with E-state index in [2.05, 4.69) is 29.7 Å². The molecule has 4 heteroatoms. The Labute approximate surface area is 127 Å². The van der Waals surface area contributed by atoms with Crippen LogP contribution < -0.4 is 0 Å². The van der Waals surface area contributed by atoms with E-state index in [1.165, 1.54) is 18.4 Å². The number of aromatic nitrogens is 2. The molecule has 0 amide bonds. The zero-order valence-corrected chi connectivity index (χ0v) is 12.4. The summed E-state index contributed by atoms with van der Waals surface area (Å²) in [7, 11) is 0. The highest BCUT2D eigenvalue weighted by molar-refractivity contribution is 6.33. The molecule has 0 aliphatic heterocycles. The molecule has 3 aromatic rings. The van der Waals surface area contributed by atoms with Crippen LogP contribution in [0.5, 0.6) is 5.75 Å². The Hall–Kier alpha value is -2.00. The van der Waals surface area contributed by atoms with Crippen LogP contribution in [0.3, 0.4) is 0 Å². The van der Waals surface area contributed by atoms with Crippen LogP contribution >= 0.6 is 11.6 Å². The molecule has 2 aromatic carbocycles. The van der Waals surface area contributed by atoms with Crippen molar-refractivity contribution in [1.29, 1.82) is 0 Å². The van der Waals surface area contributed by atoms with Crippen molar-refractivity contribution < 1.29 is 5.11 Å². The zero-order chi connectivity index (χ0) is 14.6. The first-order valence-corrected chi connectivity index (χ1v) is 7.49. The molecule has 1 heterocycles. The number of phenols is 1. The van der Waals surface area contributed by atoms with Crippen LogP contribution in [0.15, 0.2) is 36.4 Å². The molecule has 0 saturated heterocycles. The maximum atomic E-state index is 9.77. The first-order valence-electron chi connectivity index (χ1n) is 7.11. The quantitative estimate of drug-likeness (QED) is 0.744. The van der Waals surface area contributed by atoms with Gasteiger partial charge in [0.2, 0.25) is 0 Å². The topological polar surface area (TPSA) is 38.1 Å². The number of aryl methyl sites for hydroxylation is 1. The lowest BCUT2D eigenvalue weighted by Crippen LogP contribution is -1.97. The monoisotopic (exact) mass is 298 g/mol. The van der Waals surface area contributed by atoms with E-state index in [-0.39, 0.29) is 5.75 Å². The minimum absolute atomic E-state index is 0.208. The number of phenolic OH excluding ortho intramolecular Hbond substituents is 1. The molecule has 0 unspecified atom stereocenters. The minimum atomic E-state index is 0.208. The minimum Gasteiger partial charge on any atom is -0.508 e. The summed E-state index contributed by atoms with van der Waals surface area (Å²) in [4.78, 5) is 4.77. The molecule has 3 nitrogen and oxygen atoms in total. The number of imidazole rings is 1. The van der Waals surface area contributed by atoms with Gasteiger partial charge >= 0.3 is 0 Å². The van der Waals surface area contributed by atoms with Crippen molar-refractivity contribution in [2.24, 2.45) is 0 Å². The van der Waals surface area contributed by atoms with Gasteiger partial charge in [0.05, 0.1) is 16.1 Å². The Morgan fingerprint density at radius 1 is 1.19 bits per heavy atom. The van der Waals surface area contributed by atoms with E-state index < -0.39 is 0 Å². The van der Waals surface area contributed by atoms with Gasteiger partial charge in [-0.2, -0.15) is 0 Å². The van der Waals surface area contributed by atoms with Crippen molar-refractivity contribution in [2.45, 2.75) is 25.8 Å². The first-order chi connectivity index (χ1) is 10.1. The van der Waals surface area contributed by atoms with E-state index in [9.17, 15) is 5.11 Å². The Morgan fingerprint density at radius 2 is 2.00 bits per heavy atom. The average Bonchev–Trinajstić information content (AvgIpc) is 3.22. The van der Waals surface area contributed by atoms with Gasteiger partial charge in [-0.25, -0.2) is 4.98 Å². The highest BCUT2D eigenvalue weighted by Gasteiger charge is 2.29. The lowest BCUT2D eigenvalue weighted by molar-refractivity contribution is 0.475. The van der Waals surface area contributed by atoms with Crippen molar-refractivity contribution in [2.75, 3.05) is 0 Å². The molecule has 0 radical (unpaired) electrons. The van der Waals surface area contributed by atoms with Gasteiger partial charge < -0.3 is 9.67 Å². The van der Waals surface area contributed by atoms with Gasteiger partial charge in [-0.15, -0.1) is 0 Å². The number of rotatable bonds is 2. The lowest BCUT2D eigenvalue weighted by atomic mass is 10.2. The maximum Gasteiger partial charge on any atom is 0.143 e. The number of fused-ring (bicyclic) bond motifs is 1. The van der Waals surface area contributed by atoms with E-state index in [0.717, 1.165) is 22.4 Å². The highest BCUT2D eigenvalue weighted by atomic mass is 35.5. The fraction of sp³-hybridized carbons (Fsp3) is 0.235. The highest BCUT2D eigenvalue weighted by Crippen LogP contribution is 2.43. The number of nitrogens with zero attached hydrogens (tertiary/aromatic N) is 2. The third-order valence-corrected chi connectivity index (χ3v) is 4.28. The zero-order valence-electron chi connectivity index (χ0n) is 11.7. The van der Waals surface area contributed by atoms with Crippen LogP contribution in [-0.2, 0) is 0 Å². The molecule has 0 spiro atoms. The number of aromatic hydroxyl groups is 1. The first kappa shape index (κ1) is 12.7. The van der Waals surface area contributed by atoms with Gasteiger partial charge in [0, 0.05) is 11.6 Å². The van der Waals surface area contributed by atoms with E-state index in [1.54, 1.807) is 18.2 Å². The van der Waals surface area contributed by atoms with Crippen molar-refractivity contribution >= 4 is 22.6 Å². The molecule has 0 atom stereocenters. The summed E-state index contributed by atoms with van der Waals surface area (Å²) in [5.41, 5.74) is 4.10.